The molecule has 4 rings (SSSR count). The molecule has 31 heavy (non-hydrogen) atoms. The first kappa shape index (κ1) is 21.1. The number of hydrogen-bond donors (Lipinski definition) is 1. The van der Waals surface area contributed by atoms with Gasteiger partial charge in [-0.3, -0.25) is 14.2 Å². The molecule has 2 aromatic carbocycles. The highest BCUT2D eigenvalue weighted by atomic mass is 32.2. The van der Waals surface area contributed by atoms with Crippen LogP contribution in [0.25, 0.3) is 15.9 Å². The first-order valence-electron chi connectivity index (χ1n) is 9.61. The number of ether oxygens (including phenoxy) is 1. The van der Waals surface area contributed by atoms with Crippen LogP contribution in [0.2, 0.25) is 0 Å². The van der Waals surface area contributed by atoms with Gasteiger partial charge in [0, 0.05) is 5.69 Å². The monoisotopic (exact) mass is 451 g/mol. The van der Waals surface area contributed by atoms with Gasteiger partial charge in [-0.2, -0.15) is 0 Å². The van der Waals surface area contributed by atoms with Crippen molar-refractivity contribution in [3.05, 3.63) is 75.4 Å². The fourth-order valence-corrected chi connectivity index (χ4v) is 4.73. The molecule has 0 radical (unpaired) electrons. The average molecular weight is 452 g/mol. The van der Waals surface area contributed by atoms with Crippen LogP contribution in [0.15, 0.2) is 63.9 Å². The second-order valence-electron chi connectivity index (χ2n) is 6.98. The smallest absolute Gasteiger partial charge is 0.276 e. The predicted molar refractivity (Wildman–Crippen MR) is 127 cm³/mol. The van der Waals surface area contributed by atoms with Crippen LogP contribution in [0.3, 0.4) is 0 Å². The number of anilines is 1. The second-order valence-corrected chi connectivity index (χ2v) is 8.84. The molecule has 8 heteroatoms. The van der Waals surface area contributed by atoms with Crippen molar-refractivity contribution in [1.29, 1.82) is 0 Å². The number of fused-ring (bicyclic) bond motifs is 1. The quantitative estimate of drug-likeness (QED) is 0.337. The van der Waals surface area contributed by atoms with Crippen LogP contribution < -0.4 is 15.6 Å². The summed E-state index contributed by atoms with van der Waals surface area (Å²) in [5.74, 6) is 0.507. The molecule has 0 saturated heterocycles. The summed E-state index contributed by atoms with van der Waals surface area (Å²) in [4.78, 5) is 30.5. The van der Waals surface area contributed by atoms with Crippen molar-refractivity contribution in [3.8, 4) is 11.4 Å². The Balaban J connectivity index is 1.66. The number of thioether (sulfide) groups is 1. The van der Waals surface area contributed by atoms with Crippen LogP contribution in [0, 0.1) is 13.8 Å². The fraction of sp³-hybridized carbons (Fsp3) is 0.174. The Kier molecular flexibility index (Phi) is 6.11. The lowest BCUT2D eigenvalue weighted by atomic mass is 10.1. The van der Waals surface area contributed by atoms with Crippen molar-refractivity contribution in [2.75, 3.05) is 18.2 Å². The number of aryl methyl sites for hydroxylation is 2. The van der Waals surface area contributed by atoms with Crippen LogP contribution in [-0.4, -0.2) is 28.3 Å². The number of carbonyl (C=O) groups excluding carboxylic acids is 1. The summed E-state index contributed by atoms with van der Waals surface area (Å²) in [7, 11) is 1.56. The maximum atomic E-state index is 13.2. The number of amides is 1. The van der Waals surface area contributed by atoms with E-state index in [1.54, 1.807) is 19.2 Å². The van der Waals surface area contributed by atoms with Crippen molar-refractivity contribution in [2.24, 2.45) is 0 Å². The molecule has 0 unspecified atom stereocenters. The van der Waals surface area contributed by atoms with Gasteiger partial charge in [-0.15, -0.1) is 11.3 Å². The molecule has 0 atom stereocenters. The standard InChI is InChI=1S/C23H21N3O3S2/c1-14-8-9-16(12-15(14)2)24-20(27)13-31-23-25-17-10-11-30-21(17)22(28)26(23)18-6-4-5-7-19(18)29-3/h4-12H,13H2,1-3H3,(H,24,27). The number of rotatable bonds is 6. The van der Waals surface area contributed by atoms with E-state index in [1.165, 1.54) is 33.2 Å². The van der Waals surface area contributed by atoms with Gasteiger partial charge in [-0.05, 0) is 60.7 Å². The molecule has 0 saturated carbocycles. The molecule has 2 aromatic heterocycles. The minimum Gasteiger partial charge on any atom is -0.495 e. The summed E-state index contributed by atoms with van der Waals surface area (Å²) in [5, 5.41) is 5.19. The summed E-state index contributed by atoms with van der Waals surface area (Å²) in [5.41, 5.74) is 4.06. The number of benzene rings is 2. The third-order valence-electron chi connectivity index (χ3n) is 4.90. The Morgan fingerprint density at radius 3 is 2.74 bits per heavy atom. The fourth-order valence-electron chi connectivity index (χ4n) is 3.16. The molecule has 4 aromatic rings. The summed E-state index contributed by atoms with van der Waals surface area (Å²) in [6, 6.07) is 14.9. The number of para-hydroxylation sites is 2. The maximum Gasteiger partial charge on any atom is 0.276 e. The zero-order valence-electron chi connectivity index (χ0n) is 17.3. The maximum absolute atomic E-state index is 13.2. The van der Waals surface area contributed by atoms with Crippen LogP contribution in [0.4, 0.5) is 5.69 Å². The van der Waals surface area contributed by atoms with E-state index in [0.717, 1.165) is 11.3 Å². The third-order valence-corrected chi connectivity index (χ3v) is 6.73. The topological polar surface area (TPSA) is 73.2 Å². The molecule has 0 spiro atoms. The van der Waals surface area contributed by atoms with E-state index in [0.29, 0.717) is 26.8 Å². The number of nitrogens with one attached hydrogen (secondary N) is 1. The summed E-state index contributed by atoms with van der Waals surface area (Å²) in [6.45, 7) is 4.03. The Morgan fingerprint density at radius 2 is 1.97 bits per heavy atom. The summed E-state index contributed by atoms with van der Waals surface area (Å²) >= 11 is 2.57. The highest BCUT2D eigenvalue weighted by Gasteiger charge is 2.18. The van der Waals surface area contributed by atoms with Crippen LogP contribution >= 0.6 is 23.1 Å². The van der Waals surface area contributed by atoms with Crippen molar-refractivity contribution in [1.82, 2.24) is 9.55 Å². The minimum absolute atomic E-state index is 0.115. The zero-order valence-corrected chi connectivity index (χ0v) is 19.0. The molecule has 0 aliphatic rings. The normalized spacial score (nSPS) is 10.9. The first-order valence-corrected chi connectivity index (χ1v) is 11.5. The van der Waals surface area contributed by atoms with Crippen molar-refractivity contribution in [3.63, 3.8) is 0 Å². The SMILES string of the molecule is COc1ccccc1-n1c(SCC(=O)Nc2ccc(C)c(C)c2)nc2ccsc2c1=O. The number of nitrogens with zero attached hydrogens (tertiary/aromatic N) is 2. The molecule has 1 amide bonds. The van der Waals surface area contributed by atoms with E-state index >= 15 is 0 Å². The number of carbonyl (C=O) groups is 1. The summed E-state index contributed by atoms with van der Waals surface area (Å²) < 4.78 is 7.54. The van der Waals surface area contributed by atoms with Crippen molar-refractivity contribution >= 4 is 44.9 Å². The molecule has 0 fully saturated rings. The molecule has 158 valence electrons. The van der Waals surface area contributed by atoms with Gasteiger partial charge < -0.3 is 10.1 Å². The lowest BCUT2D eigenvalue weighted by Gasteiger charge is -2.15. The molecular weight excluding hydrogens is 430 g/mol. The molecule has 0 aliphatic heterocycles. The van der Waals surface area contributed by atoms with Gasteiger partial charge in [0.25, 0.3) is 5.56 Å². The van der Waals surface area contributed by atoms with Gasteiger partial charge in [0.05, 0.1) is 24.1 Å². The molecule has 0 aliphatic carbocycles. The van der Waals surface area contributed by atoms with E-state index in [2.05, 4.69) is 10.3 Å². The summed E-state index contributed by atoms with van der Waals surface area (Å²) in [6.07, 6.45) is 0. The number of hydrogen-bond acceptors (Lipinski definition) is 6. The average Bonchev–Trinajstić information content (AvgIpc) is 3.24. The van der Waals surface area contributed by atoms with E-state index in [1.807, 2.05) is 55.6 Å². The van der Waals surface area contributed by atoms with Crippen LogP contribution in [0.1, 0.15) is 11.1 Å². The van der Waals surface area contributed by atoms with E-state index in [-0.39, 0.29) is 17.2 Å². The highest BCUT2D eigenvalue weighted by Crippen LogP contribution is 2.28. The predicted octanol–water partition coefficient (Wildman–Crippen LogP) is 4.80. The van der Waals surface area contributed by atoms with Crippen molar-refractivity contribution in [2.45, 2.75) is 19.0 Å². The number of thiophene rings is 1. The molecule has 2 heterocycles. The largest absolute Gasteiger partial charge is 0.495 e. The second kappa shape index (κ2) is 8.95. The van der Waals surface area contributed by atoms with Gasteiger partial charge in [-0.1, -0.05) is 30.0 Å². The van der Waals surface area contributed by atoms with E-state index < -0.39 is 0 Å². The lowest BCUT2D eigenvalue weighted by Crippen LogP contribution is -2.22. The van der Waals surface area contributed by atoms with Crippen LogP contribution in [-0.2, 0) is 4.79 Å². The third kappa shape index (κ3) is 4.35. The number of methoxy groups -OCH3 is 1. The molecule has 0 bridgehead atoms. The highest BCUT2D eigenvalue weighted by molar-refractivity contribution is 7.99. The van der Waals surface area contributed by atoms with Gasteiger partial charge in [0.1, 0.15) is 10.4 Å². The Bertz CT molecular complexity index is 1330. The molecular formula is C23H21N3O3S2. The Hall–Kier alpha value is -3.10. The van der Waals surface area contributed by atoms with Crippen molar-refractivity contribution < 1.29 is 9.53 Å². The zero-order chi connectivity index (χ0) is 22.0. The van der Waals surface area contributed by atoms with E-state index in [4.69, 9.17) is 4.74 Å². The number of aromatic nitrogens is 2. The van der Waals surface area contributed by atoms with E-state index in [9.17, 15) is 9.59 Å². The van der Waals surface area contributed by atoms with Gasteiger partial charge in [-0.25, -0.2) is 4.98 Å². The first-order chi connectivity index (χ1) is 15.0. The lowest BCUT2D eigenvalue weighted by molar-refractivity contribution is -0.113. The molecule has 6 nitrogen and oxygen atoms in total. The van der Waals surface area contributed by atoms with Gasteiger partial charge in [0.2, 0.25) is 5.91 Å². The molecule has 1 N–H and O–H groups in total. The van der Waals surface area contributed by atoms with Gasteiger partial charge >= 0.3 is 0 Å². The van der Waals surface area contributed by atoms with Gasteiger partial charge in [0.15, 0.2) is 5.16 Å². The Labute approximate surface area is 187 Å². The van der Waals surface area contributed by atoms with Crippen LogP contribution in [0.5, 0.6) is 5.75 Å². The Morgan fingerprint density at radius 1 is 1.16 bits per heavy atom. The minimum atomic E-state index is -0.179.